The van der Waals surface area contributed by atoms with Gasteiger partial charge in [-0.25, -0.2) is 9.37 Å². The van der Waals surface area contributed by atoms with Crippen LogP contribution in [0.25, 0.3) is 49.5 Å². The second-order valence-electron chi connectivity index (χ2n) is 9.51. The van der Waals surface area contributed by atoms with Crippen LogP contribution in [0.5, 0.6) is 0 Å². The van der Waals surface area contributed by atoms with Gasteiger partial charge in [0.15, 0.2) is 11.3 Å². The summed E-state index contributed by atoms with van der Waals surface area (Å²) in [7, 11) is 0. The molecule has 0 aliphatic carbocycles. The van der Waals surface area contributed by atoms with Crippen LogP contribution in [-0.2, 0) is 11.2 Å². The molecule has 0 bridgehead atoms. The van der Waals surface area contributed by atoms with Crippen molar-refractivity contribution < 1.29 is 9.18 Å². The first-order valence-electron chi connectivity index (χ1n) is 12.7. The fourth-order valence-corrected chi connectivity index (χ4v) is 5.80. The molecule has 40 heavy (non-hydrogen) atoms. The van der Waals surface area contributed by atoms with Gasteiger partial charge in [-0.1, -0.05) is 54.2 Å². The molecule has 1 aliphatic heterocycles. The molecule has 196 valence electrons. The zero-order chi connectivity index (χ0) is 27.1. The highest BCUT2D eigenvalue weighted by Crippen LogP contribution is 2.42. The summed E-state index contributed by atoms with van der Waals surface area (Å²) in [6, 6.07) is 17.5. The summed E-state index contributed by atoms with van der Waals surface area (Å²) in [5, 5.41) is 11.4. The van der Waals surface area contributed by atoms with E-state index in [1.165, 1.54) is 11.8 Å². The highest BCUT2D eigenvalue weighted by atomic mass is 32.2. The number of benzene rings is 2. The van der Waals surface area contributed by atoms with Gasteiger partial charge in [-0.2, -0.15) is 5.10 Å². The molecule has 1 atom stereocenters. The molecule has 7 rings (SSSR count). The van der Waals surface area contributed by atoms with Crippen molar-refractivity contribution in [3.8, 4) is 22.6 Å². The van der Waals surface area contributed by atoms with Crippen LogP contribution in [0.2, 0.25) is 0 Å². The Morgan fingerprint density at radius 3 is 2.73 bits per heavy atom. The van der Waals surface area contributed by atoms with E-state index in [4.69, 9.17) is 4.98 Å². The Morgan fingerprint density at radius 2 is 1.88 bits per heavy atom. The number of anilines is 1. The van der Waals surface area contributed by atoms with Crippen LogP contribution < -0.4 is 5.32 Å². The second kappa shape index (κ2) is 10.0. The smallest absolute Gasteiger partial charge is 0.228 e. The van der Waals surface area contributed by atoms with E-state index < -0.39 is 5.50 Å². The summed E-state index contributed by atoms with van der Waals surface area (Å²) >= 11 is 1.19. The average Bonchev–Trinajstić information content (AvgIpc) is 3.71. The number of pyridine rings is 2. The lowest BCUT2D eigenvalue weighted by Gasteiger charge is -2.08. The van der Waals surface area contributed by atoms with E-state index >= 15 is 0 Å². The monoisotopic (exact) mass is 547 g/mol. The molecule has 8 nitrogen and oxygen atoms in total. The Labute approximate surface area is 232 Å². The van der Waals surface area contributed by atoms with E-state index in [-0.39, 0.29) is 12.3 Å². The standard InChI is InChI=1S/C30H22FN7OS/c31-26-9-8-25(40-26)22-15-33-16-24-28(22)36-30(35-24)29-21-12-18(6-7-23(21)37-38-29)19-11-20(14-32-13-19)34-27(39)10-17-4-2-1-3-5-17/h1-8,11-16,26H,9-10H2,(H,34,39)(H,35,36)(H,37,38). The number of nitrogens with zero attached hydrogens (tertiary/aromatic N) is 4. The van der Waals surface area contributed by atoms with Crippen molar-refractivity contribution in [2.45, 2.75) is 18.3 Å². The number of imidazole rings is 1. The molecule has 0 spiro atoms. The number of fused-ring (bicyclic) bond motifs is 2. The van der Waals surface area contributed by atoms with Gasteiger partial charge < -0.3 is 10.3 Å². The summed E-state index contributed by atoms with van der Waals surface area (Å²) in [4.78, 5) is 30.3. The maximum absolute atomic E-state index is 13.8. The summed E-state index contributed by atoms with van der Waals surface area (Å²) in [6.07, 6.45) is 9.40. The first-order valence-corrected chi connectivity index (χ1v) is 13.6. The Morgan fingerprint density at radius 1 is 1.00 bits per heavy atom. The second-order valence-corrected chi connectivity index (χ2v) is 10.7. The minimum absolute atomic E-state index is 0.106. The highest BCUT2D eigenvalue weighted by molar-refractivity contribution is 8.09. The van der Waals surface area contributed by atoms with E-state index in [1.807, 2.05) is 60.7 Å². The number of rotatable bonds is 6. The Hall–Kier alpha value is -4.83. The predicted octanol–water partition coefficient (Wildman–Crippen LogP) is 6.52. The quantitative estimate of drug-likeness (QED) is 0.219. The zero-order valence-electron chi connectivity index (χ0n) is 21.1. The van der Waals surface area contributed by atoms with Gasteiger partial charge in [-0.05, 0) is 29.3 Å². The molecule has 3 N–H and O–H groups in total. The van der Waals surface area contributed by atoms with Crippen LogP contribution in [0, 0.1) is 0 Å². The molecule has 0 saturated heterocycles. The Balaban J connectivity index is 1.20. The van der Waals surface area contributed by atoms with Crippen molar-refractivity contribution in [2.75, 3.05) is 5.32 Å². The van der Waals surface area contributed by atoms with Crippen molar-refractivity contribution in [1.82, 2.24) is 30.1 Å². The van der Waals surface area contributed by atoms with Gasteiger partial charge in [0, 0.05) is 40.2 Å². The Bertz CT molecular complexity index is 1910. The SMILES string of the molecule is O=C(Cc1ccccc1)Nc1cncc(-c2ccc3[nH]nc(-c4nc5c(C6=CCC(F)S6)cncc5[nH]4)c3c2)c1. The molecule has 2 aromatic carbocycles. The molecule has 6 aromatic rings. The number of alkyl halides is 1. The van der Waals surface area contributed by atoms with E-state index in [0.717, 1.165) is 49.1 Å². The number of aromatic amines is 2. The fraction of sp³-hybridized carbons (Fsp3) is 0.100. The van der Waals surface area contributed by atoms with Crippen LogP contribution in [0.15, 0.2) is 85.5 Å². The largest absolute Gasteiger partial charge is 0.335 e. The van der Waals surface area contributed by atoms with E-state index in [0.29, 0.717) is 23.6 Å². The molecule has 10 heteroatoms. The molecule has 5 heterocycles. The normalized spacial score (nSPS) is 15.0. The maximum Gasteiger partial charge on any atom is 0.228 e. The number of H-pyrrole nitrogens is 2. The molecule has 1 aliphatic rings. The number of nitrogens with one attached hydrogen (secondary N) is 3. The van der Waals surface area contributed by atoms with E-state index in [1.54, 1.807) is 24.8 Å². The van der Waals surface area contributed by atoms with Gasteiger partial charge >= 0.3 is 0 Å². The van der Waals surface area contributed by atoms with Crippen LogP contribution >= 0.6 is 11.8 Å². The van der Waals surface area contributed by atoms with Crippen LogP contribution in [0.3, 0.4) is 0 Å². The van der Waals surface area contributed by atoms with Crippen molar-refractivity contribution in [1.29, 1.82) is 0 Å². The number of thioether (sulfide) groups is 1. The van der Waals surface area contributed by atoms with Gasteiger partial charge in [0.05, 0.1) is 35.5 Å². The lowest BCUT2D eigenvalue weighted by molar-refractivity contribution is -0.115. The number of aromatic nitrogens is 6. The topological polar surface area (TPSA) is 112 Å². The molecule has 0 radical (unpaired) electrons. The number of halogens is 1. The number of allylic oxidation sites excluding steroid dienone is 1. The summed E-state index contributed by atoms with van der Waals surface area (Å²) in [5.74, 6) is 0.485. The highest BCUT2D eigenvalue weighted by Gasteiger charge is 2.22. The predicted molar refractivity (Wildman–Crippen MR) is 156 cm³/mol. The third kappa shape index (κ3) is 4.62. The third-order valence-electron chi connectivity index (χ3n) is 6.75. The van der Waals surface area contributed by atoms with Crippen molar-refractivity contribution in [2.24, 2.45) is 0 Å². The molecule has 1 unspecified atom stereocenters. The van der Waals surface area contributed by atoms with Crippen LogP contribution in [-0.4, -0.2) is 41.5 Å². The average molecular weight is 548 g/mol. The van der Waals surface area contributed by atoms with Gasteiger partial charge in [0.25, 0.3) is 0 Å². The first-order chi connectivity index (χ1) is 19.6. The third-order valence-corrected chi connectivity index (χ3v) is 7.84. The van der Waals surface area contributed by atoms with Crippen LogP contribution in [0.1, 0.15) is 17.5 Å². The molecule has 0 fully saturated rings. The number of hydrogen-bond donors (Lipinski definition) is 3. The minimum atomic E-state index is -0.942. The number of amides is 1. The van der Waals surface area contributed by atoms with Crippen molar-refractivity contribution in [3.05, 3.63) is 96.6 Å². The molecular weight excluding hydrogens is 525 g/mol. The zero-order valence-corrected chi connectivity index (χ0v) is 21.9. The maximum atomic E-state index is 13.8. The van der Waals surface area contributed by atoms with Gasteiger partial charge in [-0.3, -0.25) is 19.9 Å². The Kier molecular flexibility index (Phi) is 6.09. The first kappa shape index (κ1) is 24.2. The summed E-state index contributed by atoms with van der Waals surface area (Å²) in [6.45, 7) is 0. The molecule has 0 saturated carbocycles. The van der Waals surface area contributed by atoms with Crippen molar-refractivity contribution in [3.63, 3.8) is 0 Å². The van der Waals surface area contributed by atoms with E-state index in [9.17, 15) is 9.18 Å². The fourth-order valence-electron chi connectivity index (χ4n) is 4.86. The van der Waals surface area contributed by atoms with Gasteiger partial charge in [-0.15, -0.1) is 0 Å². The van der Waals surface area contributed by atoms with Gasteiger partial charge in [0.2, 0.25) is 5.91 Å². The number of carbonyl (C=O) groups excluding carboxylic acids is 1. The number of carbonyl (C=O) groups is 1. The molecule has 1 amide bonds. The summed E-state index contributed by atoms with van der Waals surface area (Å²) in [5.41, 5.74) is 6.21. The lowest BCUT2D eigenvalue weighted by Crippen LogP contribution is -2.14. The molecular formula is C30H22FN7OS. The van der Waals surface area contributed by atoms with E-state index in [2.05, 4.69) is 30.5 Å². The lowest BCUT2D eigenvalue weighted by atomic mass is 10.0. The van der Waals surface area contributed by atoms with Gasteiger partial charge in [0.1, 0.15) is 11.2 Å². The minimum Gasteiger partial charge on any atom is -0.335 e. The summed E-state index contributed by atoms with van der Waals surface area (Å²) < 4.78 is 13.8. The number of hydrogen-bond acceptors (Lipinski definition) is 6. The van der Waals surface area contributed by atoms with Crippen LogP contribution in [0.4, 0.5) is 10.1 Å². The van der Waals surface area contributed by atoms with Crippen molar-refractivity contribution >= 4 is 50.2 Å². The molecule has 4 aromatic heterocycles.